The van der Waals surface area contributed by atoms with E-state index in [0.29, 0.717) is 13.1 Å². The Bertz CT molecular complexity index is 267. The van der Waals surface area contributed by atoms with Crippen molar-refractivity contribution < 1.29 is 9.59 Å². The standard InChI is InChI=1S/C7H13N5O2/c8-7(14)12-6-3-9-1-2-11(6)4-5(13)10-12/h6,9H,1-4H2,(H2,8,14)(H,10,13). The van der Waals surface area contributed by atoms with Gasteiger partial charge in [-0.2, -0.15) is 0 Å². The van der Waals surface area contributed by atoms with E-state index in [2.05, 4.69) is 10.7 Å². The number of fused-ring (bicyclic) bond motifs is 1. The summed E-state index contributed by atoms with van der Waals surface area (Å²) in [5, 5.41) is 4.32. The van der Waals surface area contributed by atoms with Gasteiger partial charge in [-0.1, -0.05) is 0 Å². The van der Waals surface area contributed by atoms with Crippen molar-refractivity contribution in [3.8, 4) is 0 Å². The minimum absolute atomic E-state index is 0.154. The van der Waals surface area contributed by atoms with E-state index in [-0.39, 0.29) is 12.1 Å². The van der Waals surface area contributed by atoms with Crippen molar-refractivity contribution in [2.24, 2.45) is 5.73 Å². The molecule has 3 amide bonds. The molecular formula is C7H13N5O2. The number of hydrazine groups is 1. The molecule has 0 bridgehead atoms. The molecule has 7 heteroatoms. The van der Waals surface area contributed by atoms with Gasteiger partial charge in [-0.3, -0.25) is 15.1 Å². The number of rotatable bonds is 0. The quantitative estimate of drug-likeness (QED) is 0.407. The molecule has 0 radical (unpaired) electrons. The lowest BCUT2D eigenvalue weighted by Crippen LogP contribution is -2.71. The Labute approximate surface area is 81.2 Å². The van der Waals surface area contributed by atoms with Gasteiger partial charge in [0.2, 0.25) is 0 Å². The van der Waals surface area contributed by atoms with Crippen molar-refractivity contribution >= 4 is 11.9 Å². The first-order valence-corrected chi connectivity index (χ1v) is 4.51. The van der Waals surface area contributed by atoms with Crippen molar-refractivity contribution in [3.63, 3.8) is 0 Å². The number of carbonyl (C=O) groups excluding carboxylic acids is 2. The molecule has 2 heterocycles. The third kappa shape index (κ3) is 1.51. The normalized spacial score (nSPS) is 28.1. The van der Waals surface area contributed by atoms with Gasteiger partial charge in [0.05, 0.1) is 6.54 Å². The lowest BCUT2D eigenvalue weighted by molar-refractivity contribution is -0.138. The maximum atomic E-state index is 11.2. The highest BCUT2D eigenvalue weighted by Gasteiger charge is 2.36. The Balaban J connectivity index is 2.14. The van der Waals surface area contributed by atoms with Crippen molar-refractivity contribution in [2.75, 3.05) is 26.2 Å². The zero-order valence-electron chi connectivity index (χ0n) is 7.69. The monoisotopic (exact) mass is 199 g/mol. The molecule has 2 aliphatic rings. The van der Waals surface area contributed by atoms with Crippen LogP contribution in [0.5, 0.6) is 0 Å². The Morgan fingerprint density at radius 3 is 3.07 bits per heavy atom. The highest BCUT2D eigenvalue weighted by atomic mass is 16.2. The van der Waals surface area contributed by atoms with Crippen LogP contribution >= 0.6 is 0 Å². The summed E-state index contributed by atoms with van der Waals surface area (Å²) in [5.41, 5.74) is 7.61. The van der Waals surface area contributed by atoms with Gasteiger partial charge in [0.25, 0.3) is 5.91 Å². The summed E-state index contributed by atoms with van der Waals surface area (Å²) in [7, 11) is 0. The van der Waals surface area contributed by atoms with Gasteiger partial charge in [-0.25, -0.2) is 9.80 Å². The number of nitrogens with one attached hydrogen (secondary N) is 2. The molecule has 2 aliphatic heterocycles. The molecule has 4 N–H and O–H groups in total. The van der Waals surface area contributed by atoms with Crippen LogP contribution in [-0.2, 0) is 4.79 Å². The van der Waals surface area contributed by atoms with E-state index in [1.54, 1.807) is 0 Å². The largest absolute Gasteiger partial charge is 0.350 e. The van der Waals surface area contributed by atoms with Crippen LogP contribution in [-0.4, -0.2) is 54.2 Å². The van der Waals surface area contributed by atoms with E-state index < -0.39 is 6.03 Å². The lowest BCUT2D eigenvalue weighted by Gasteiger charge is -2.44. The number of carbonyl (C=O) groups is 2. The van der Waals surface area contributed by atoms with Gasteiger partial charge >= 0.3 is 6.03 Å². The zero-order valence-corrected chi connectivity index (χ0v) is 7.69. The highest BCUT2D eigenvalue weighted by molar-refractivity contribution is 5.83. The minimum Gasteiger partial charge on any atom is -0.350 e. The summed E-state index contributed by atoms with van der Waals surface area (Å²) >= 11 is 0. The van der Waals surface area contributed by atoms with Crippen LogP contribution < -0.4 is 16.5 Å². The van der Waals surface area contributed by atoms with E-state index in [4.69, 9.17) is 5.73 Å². The third-order valence-corrected chi connectivity index (χ3v) is 2.45. The Kier molecular flexibility index (Phi) is 2.26. The molecule has 14 heavy (non-hydrogen) atoms. The van der Waals surface area contributed by atoms with Crippen LogP contribution in [0, 0.1) is 0 Å². The number of primary amides is 1. The van der Waals surface area contributed by atoms with Crippen LogP contribution in [0.2, 0.25) is 0 Å². The first kappa shape index (κ1) is 9.22. The third-order valence-electron chi connectivity index (χ3n) is 2.45. The molecule has 78 valence electrons. The van der Waals surface area contributed by atoms with Crippen LogP contribution in [0.15, 0.2) is 0 Å². The first-order chi connectivity index (χ1) is 6.68. The molecule has 0 spiro atoms. The molecule has 0 aromatic carbocycles. The summed E-state index contributed by atoms with van der Waals surface area (Å²) in [6.07, 6.45) is -0.154. The number of hydrogen-bond acceptors (Lipinski definition) is 4. The summed E-state index contributed by atoms with van der Waals surface area (Å²) in [6, 6.07) is -0.628. The van der Waals surface area contributed by atoms with Crippen LogP contribution in [0.1, 0.15) is 0 Å². The molecule has 2 rings (SSSR count). The van der Waals surface area contributed by atoms with Crippen molar-refractivity contribution in [3.05, 3.63) is 0 Å². The van der Waals surface area contributed by atoms with E-state index in [0.717, 1.165) is 13.1 Å². The number of urea groups is 1. The SMILES string of the molecule is NC(=O)N1NC(=O)CN2CCNCC21. The molecule has 0 aromatic heterocycles. The van der Waals surface area contributed by atoms with Crippen molar-refractivity contribution in [1.82, 2.24) is 20.7 Å². The van der Waals surface area contributed by atoms with Crippen molar-refractivity contribution in [2.45, 2.75) is 6.17 Å². The molecule has 2 fully saturated rings. The van der Waals surface area contributed by atoms with Crippen molar-refractivity contribution in [1.29, 1.82) is 0 Å². The number of amides is 3. The van der Waals surface area contributed by atoms with Crippen LogP contribution in [0.25, 0.3) is 0 Å². The molecule has 0 saturated carbocycles. The van der Waals surface area contributed by atoms with E-state index in [9.17, 15) is 9.59 Å². The minimum atomic E-state index is -0.628. The van der Waals surface area contributed by atoms with Gasteiger partial charge in [0, 0.05) is 19.6 Å². The van der Waals surface area contributed by atoms with Gasteiger partial charge in [-0.15, -0.1) is 0 Å². The van der Waals surface area contributed by atoms with Gasteiger partial charge < -0.3 is 11.1 Å². The Hall–Kier alpha value is -1.34. The predicted octanol–water partition coefficient (Wildman–Crippen LogP) is -2.36. The number of hydrogen-bond donors (Lipinski definition) is 3. The highest BCUT2D eigenvalue weighted by Crippen LogP contribution is 2.10. The molecule has 0 aromatic rings. The molecule has 1 atom stereocenters. The maximum Gasteiger partial charge on any atom is 0.335 e. The summed E-state index contributed by atoms with van der Waals surface area (Å²) in [6.45, 7) is 2.54. The second-order valence-corrected chi connectivity index (χ2v) is 3.40. The van der Waals surface area contributed by atoms with Gasteiger partial charge in [0.1, 0.15) is 6.17 Å². The fraction of sp³-hybridized carbons (Fsp3) is 0.714. The Morgan fingerprint density at radius 1 is 1.57 bits per heavy atom. The molecule has 7 nitrogen and oxygen atoms in total. The van der Waals surface area contributed by atoms with E-state index >= 15 is 0 Å². The van der Waals surface area contributed by atoms with Gasteiger partial charge in [0.15, 0.2) is 0 Å². The number of piperazine rings is 1. The first-order valence-electron chi connectivity index (χ1n) is 4.51. The van der Waals surface area contributed by atoms with Gasteiger partial charge in [-0.05, 0) is 0 Å². The number of nitrogens with two attached hydrogens (primary N) is 1. The molecule has 1 unspecified atom stereocenters. The fourth-order valence-corrected chi connectivity index (χ4v) is 1.80. The average Bonchev–Trinajstić information content (AvgIpc) is 2.16. The zero-order chi connectivity index (χ0) is 10.1. The topological polar surface area (TPSA) is 90.7 Å². The summed E-state index contributed by atoms with van der Waals surface area (Å²) in [4.78, 5) is 24.2. The van der Waals surface area contributed by atoms with E-state index in [1.807, 2.05) is 4.90 Å². The average molecular weight is 199 g/mol. The molecule has 0 aliphatic carbocycles. The van der Waals surface area contributed by atoms with E-state index in [1.165, 1.54) is 5.01 Å². The Morgan fingerprint density at radius 2 is 2.36 bits per heavy atom. The second-order valence-electron chi connectivity index (χ2n) is 3.40. The molecule has 2 saturated heterocycles. The molecular weight excluding hydrogens is 186 g/mol. The smallest absolute Gasteiger partial charge is 0.335 e. The summed E-state index contributed by atoms with van der Waals surface area (Å²) in [5.74, 6) is -0.193. The fourth-order valence-electron chi connectivity index (χ4n) is 1.80. The lowest BCUT2D eigenvalue weighted by atomic mass is 10.2. The predicted molar refractivity (Wildman–Crippen MR) is 47.8 cm³/mol. The number of nitrogens with zero attached hydrogens (tertiary/aromatic N) is 2. The second kappa shape index (κ2) is 3.43. The van der Waals surface area contributed by atoms with Crippen LogP contribution in [0.3, 0.4) is 0 Å². The maximum absolute atomic E-state index is 11.2. The van der Waals surface area contributed by atoms with Crippen LogP contribution in [0.4, 0.5) is 4.79 Å². The summed E-state index contributed by atoms with van der Waals surface area (Å²) < 4.78 is 0.